The number of carbonyl (C=O) groups is 1. The Balaban J connectivity index is 0.000000529. The Labute approximate surface area is 103 Å². The van der Waals surface area contributed by atoms with E-state index in [0.29, 0.717) is 12.2 Å². The fourth-order valence-electron chi connectivity index (χ4n) is 1.19. The van der Waals surface area contributed by atoms with Crippen LogP contribution in [0.2, 0.25) is 0 Å². The molecule has 1 N–H and O–H groups in total. The van der Waals surface area contributed by atoms with Gasteiger partial charge in [-0.25, -0.2) is 4.79 Å². The third-order valence-electron chi connectivity index (χ3n) is 2.42. The third kappa shape index (κ3) is 6.79. The lowest BCUT2D eigenvalue weighted by Gasteiger charge is -2.24. The van der Waals surface area contributed by atoms with Crippen LogP contribution < -0.4 is 0 Å². The lowest BCUT2D eigenvalue weighted by atomic mass is 10.00. The predicted molar refractivity (Wildman–Crippen MR) is 66.8 cm³/mol. The van der Waals surface area contributed by atoms with Gasteiger partial charge < -0.3 is 14.6 Å². The van der Waals surface area contributed by atoms with Gasteiger partial charge in [0.15, 0.2) is 0 Å². The van der Waals surface area contributed by atoms with Gasteiger partial charge in [0.1, 0.15) is 6.61 Å². The number of hydrogen-bond donors (Lipinski definition) is 1. The minimum atomic E-state index is -0.889. The third-order valence-corrected chi connectivity index (χ3v) is 2.42. The molecule has 0 aromatic heterocycles. The highest BCUT2D eigenvalue weighted by atomic mass is 16.5. The van der Waals surface area contributed by atoms with Crippen molar-refractivity contribution in [3.63, 3.8) is 0 Å². The molecule has 1 atom stereocenters. The van der Waals surface area contributed by atoms with Crippen molar-refractivity contribution < 1.29 is 19.4 Å². The number of carboxylic acids is 1. The summed E-state index contributed by atoms with van der Waals surface area (Å²) >= 11 is 0. The maximum atomic E-state index is 10.6. The minimum absolute atomic E-state index is 0.331. The first kappa shape index (κ1) is 15.7. The first-order chi connectivity index (χ1) is 7.95. The van der Waals surface area contributed by atoms with Crippen LogP contribution in [0.25, 0.3) is 0 Å². The van der Waals surface area contributed by atoms with Crippen molar-refractivity contribution in [2.75, 3.05) is 13.2 Å². The van der Waals surface area contributed by atoms with Gasteiger partial charge in [-0.3, -0.25) is 0 Å². The van der Waals surface area contributed by atoms with Gasteiger partial charge in [0.2, 0.25) is 0 Å². The van der Waals surface area contributed by atoms with Gasteiger partial charge in [-0.1, -0.05) is 6.92 Å². The van der Waals surface area contributed by atoms with E-state index in [1.54, 1.807) is 19.3 Å². The highest BCUT2D eigenvalue weighted by Crippen LogP contribution is 2.18. The minimum Gasteiger partial charge on any atom is -0.497 e. The van der Waals surface area contributed by atoms with Gasteiger partial charge in [-0.05, 0) is 39.3 Å². The molecule has 98 valence electrons. The number of rotatable bonds is 5. The van der Waals surface area contributed by atoms with Crippen LogP contribution in [0.15, 0.2) is 24.0 Å². The normalized spacial score (nSPS) is 17.1. The van der Waals surface area contributed by atoms with E-state index in [-0.39, 0.29) is 0 Å². The molecule has 0 spiro atoms. The van der Waals surface area contributed by atoms with Crippen LogP contribution in [0, 0.1) is 0 Å². The van der Waals surface area contributed by atoms with E-state index in [9.17, 15) is 4.79 Å². The molecule has 0 aliphatic carbocycles. The van der Waals surface area contributed by atoms with Crippen molar-refractivity contribution in [3.8, 4) is 0 Å². The zero-order valence-corrected chi connectivity index (χ0v) is 11.0. The molecule has 1 heterocycles. The van der Waals surface area contributed by atoms with Crippen LogP contribution in [0.5, 0.6) is 0 Å². The molecule has 1 aliphatic heterocycles. The monoisotopic (exact) mass is 242 g/mol. The summed E-state index contributed by atoms with van der Waals surface area (Å²) in [6, 6.07) is 0. The molecule has 0 aromatic carbocycles. The molecular formula is C13H22O4. The molecule has 0 fully saturated rings. The van der Waals surface area contributed by atoms with Gasteiger partial charge in [0.05, 0.1) is 11.9 Å². The van der Waals surface area contributed by atoms with Gasteiger partial charge in [-0.2, -0.15) is 0 Å². The Bertz CT molecular complexity index is 288. The molecule has 0 amide bonds. The maximum Gasteiger partial charge on any atom is 0.331 e. The zero-order valence-electron chi connectivity index (χ0n) is 11.0. The maximum absolute atomic E-state index is 10.6. The Morgan fingerprint density at radius 3 is 2.29 bits per heavy atom. The molecule has 0 aromatic rings. The molecule has 0 saturated carbocycles. The summed E-state index contributed by atoms with van der Waals surface area (Å²) < 4.78 is 10.0. The van der Waals surface area contributed by atoms with E-state index < -0.39 is 11.6 Å². The fourth-order valence-corrected chi connectivity index (χ4v) is 1.19. The lowest BCUT2D eigenvalue weighted by Crippen LogP contribution is -2.26. The highest BCUT2D eigenvalue weighted by Gasteiger charge is 2.20. The Morgan fingerprint density at radius 1 is 1.59 bits per heavy atom. The zero-order chi connectivity index (χ0) is 13.3. The summed E-state index contributed by atoms with van der Waals surface area (Å²) in [5.41, 5.74) is -0.116. The number of carboxylic acid groups (broad SMARTS) is 1. The van der Waals surface area contributed by atoms with Crippen LogP contribution in [0.3, 0.4) is 0 Å². The van der Waals surface area contributed by atoms with Crippen molar-refractivity contribution in [3.05, 3.63) is 24.0 Å². The predicted octanol–water partition coefficient (Wildman–Crippen LogP) is 2.75. The van der Waals surface area contributed by atoms with Crippen molar-refractivity contribution in [1.29, 1.82) is 0 Å². The Kier molecular flexibility index (Phi) is 7.30. The van der Waals surface area contributed by atoms with Gasteiger partial charge in [0, 0.05) is 12.2 Å². The molecule has 0 bridgehead atoms. The highest BCUT2D eigenvalue weighted by molar-refractivity contribution is 5.86. The van der Waals surface area contributed by atoms with Crippen molar-refractivity contribution in [1.82, 2.24) is 0 Å². The first-order valence-corrected chi connectivity index (χ1v) is 5.78. The number of ether oxygens (including phenoxy) is 2. The van der Waals surface area contributed by atoms with E-state index in [1.807, 2.05) is 26.8 Å². The number of aliphatic carboxylic acids is 1. The van der Waals surface area contributed by atoms with E-state index in [1.165, 1.54) is 0 Å². The molecule has 17 heavy (non-hydrogen) atoms. The van der Waals surface area contributed by atoms with Gasteiger partial charge in [-0.15, -0.1) is 0 Å². The summed E-state index contributed by atoms with van der Waals surface area (Å²) in [6.45, 7) is 8.76. The van der Waals surface area contributed by atoms with Crippen molar-refractivity contribution >= 4 is 5.97 Å². The lowest BCUT2D eigenvalue weighted by molar-refractivity contribution is -0.132. The average Bonchev–Trinajstić information content (AvgIpc) is 2.15. The summed E-state index contributed by atoms with van der Waals surface area (Å²) in [6.07, 6.45) is 6.07. The van der Waals surface area contributed by atoms with E-state index in [0.717, 1.165) is 13.0 Å². The number of hydrogen-bond acceptors (Lipinski definition) is 3. The van der Waals surface area contributed by atoms with Crippen molar-refractivity contribution in [2.45, 2.75) is 39.7 Å². The Morgan fingerprint density at radius 2 is 2.06 bits per heavy atom. The van der Waals surface area contributed by atoms with Gasteiger partial charge >= 0.3 is 5.97 Å². The molecule has 0 saturated heterocycles. The molecule has 1 rings (SSSR count). The summed E-state index contributed by atoms with van der Waals surface area (Å²) in [4.78, 5) is 10.6. The first-order valence-electron chi connectivity index (χ1n) is 5.78. The van der Waals surface area contributed by atoms with Crippen LogP contribution in [0.4, 0.5) is 0 Å². The second-order valence-corrected chi connectivity index (χ2v) is 3.94. The molecule has 1 unspecified atom stereocenters. The van der Waals surface area contributed by atoms with Crippen LogP contribution in [-0.2, 0) is 14.3 Å². The Hall–Kier alpha value is -1.29. The van der Waals surface area contributed by atoms with E-state index in [4.69, 9.17) is 9.84 Å². The average molecular weight is 242 g/mol. The molecular weight excluding hydrogens is 220 g/mol. The second kappa shape index (κ2) is 7.90. The summed E-state index contributed by atoms with van der Waals surface area (Å²) in [5.74, 6) is -0.889. The molecule has 1 aliphatic rings. The quantitative estimate of drug-likeness (QED) is 0.753. The van der Waals surface area contributed by atoms with E-state index in [2.05, 4.69) is 4.74 Å². The largest absolute Gasteiger partial charge is 0.497 e. The van der Waals surface area contributed by atoms with Crippen LogP contribution >= 0.6 is 0 Å². The standard InChI is InChI=1S/C10H18O3.C3H4O/c1-5-10(4,13-6-2)7-8(3)9(11)12;1-2-4-3-1/h7H,5-6H2,1-4H3,(H,11,12);1-2H,3H2. The van der Waals surface area contributed by atoms with Crippen molar-refractivity contribution in [2.24, 2.45) is 0 Å². The molecule has 4 nitrogen and oxygen atoms in total. The second-order valence-electron chi connectivity index (χ2n) is 3.94. The summed E-state index contributed by atoms with van der Waals surface area (Å²) in [7, 11) is 0. The summed E-state index contributed by atoms with van der Waals surface area (Å²) in [5, 5.41) is 8.69. The topological polar surface area (TPSA) is 55.8 Å². The SMILES string of the molecule is C1=COC1.CCOC(C)(C=C(C)C(=O)O)CC. The fraction of sp³-hybridized carbons (Fsp3) is 0.615. The van der Waals surface area contributed by atoms with Crippen LogP contribution in [-0.4, -0.2) is 29.9 Å². The molecule has 0 radical (unpaired) electrons. The molecule has 4 heteroatoms. The van der Waals surface area contributed by atoms with Crippen LogP contribution in [0.1, 0.15) is 34.1 Å². The van der Waals surface area contributed by atoms with Gasteiger partial charge in [0.25, 0.3) is 0 Å². The smallest absolute Gasteiger partial charge is 0.331 e. The van der Waals surface area contributed by atoms with E-state index >= 15 is 0 Å².